The molecule has 1 N–H and O–H groups in total. The number of hydrogen-bond donors (Lipinski definition) is 1. The topological polar surface area (TPSA) is 33.6 Å². The van der Waals surface area contributed by atoms with E-state index in [1.54, 1.807) is 0 Å². The van der Waals surface area contributed by atoms with E-state index in [-0.39, 0.29) is 0 Å². The molecule has 0 bridgehead atoms. The molecule has 2 aliphatic rings. The number of piperidine rings is 1. The van der Waals surface area contributed by atoms with E-state index in [2.05, 4.69) is 24.2 Å². The number of hydrogen-bond acceptors (Lipinski definition) is 3. The van der Waals surface area contributed by atoms with Gasteiger partial charge in [0.2, 0.25) is 0 Å². The smallest absolute Gasteiger partial charge is 0.186 e. The number of nitrogens with zero attached hydrogens (tertiary/aromatic N) is 1. The fraction of sp³-hybridized carbons (Fsp3) is 0.917. The Balaban J connectivity index is 1.80. The summed E-state index contributed by atoms with van der Waals surface area (Å²) in [5.41, 5.74) is 0. The van der Waals surface area contributed by atoms with Crippen LogP contribution in [-0.4, -0.2) is 31.6 Å². The van der Waals surface area contributed by atoms with E-state index in [0.29, 0.717) is 17.9 Å². The van der Waals surface area contributed by atoms with Gasteiger partial charge in [0.05, 0.1) is 6.54 Å². The molecule has 0 radical (unpaired) electrons. The summed E-state index contributed by atoms with van der Waals surface area (Å²) in [6.07, 6.45) is 3.87. The monoisotopic (exact) mass is 210 g/mol. The zero-order valence-corrected chi connectivity index (χ0v) is 9.83. The highest BCUT2D eigenvalue weighted by Gasteiger charge is 2.27. The third-order valence-electron chi connectivity index (χ3n) is 3.16. The zero-order valence-electron chi connectivity index (χ0n) is 9.83. The van der Waals surface area contributed by atoms with Crippen LogP contribution in [0.25, 0.3) is 0 Å². The van der Waals surface area contributed by atoms with Crippen LogP contribution in [0.2, 0.25) is 0 Å². The van der Waals surface area contributed by atoms with E-state index in [0.717, 1.165) is 32.0 Å². The van der Waals surface area contributed by atoms with E-state index in [1.165, 1.54) is 12.8 Å². The van der Waals surface area contributed by atoms with Gasteiger partial charge in [0.1, 0.15) is 6.10 Å². The summed E-state index contributed by atoms with van der Waals surface area (Å²) in [6, 6.07) is 0. The van der Waals surface area contributed by atoms with Gasteiger partial charge in [0.15, 0.2) is 5.90 Å². The van der Waals surface area contributed by atoms with E-state index in [4.69, 9.17) is 4.74 Å². The Labute approximate surface area is 92.3 Å². The highest BCUT2D eigenvalue weighted by molar-refractivity contribution is 5.80. The fourth-order valence-corrected chi connectivity index (χ4v) is 2.38. The maximum absolute atomic E-state index is 5.93. The minimum Gasteiger partial charge on any atom is -0.476 e. The van der Waals surface area contributed by atoms with Gasteiger partial charge >= 0.3 is 0 Å². The minimum absolute atomic E-state index is 0.356. The summed E-state index contributed by atoms with van der Waals surface area (Å²) < 4.78 is 5.93. The van der Waals surface area contributed by atoms with Crippen molar-refractivity contribution in [3.05, 3.63) is 0 Å². The molecule has 86 valence electrons. The molecule has 0 aromatic heterocycles. The Bertz CT molecular complexity index is 232. The highest BCUT2D eigenvalue weighted by atomic mass is 16.5. The Hall–Kier alpha value is -0.570. The lowest BCUT2D eigenvalue weighted by molar-refractivity contribution is 0.179. The van der Waals surface area contributed by atoms with Crippen molar-refractivity contribution in [3.63, 3.8) is 0 Å². The molecule has 1 fully saturated rings. The number of rotatable bonds is 3. The zero-order chi connectivity index (χ0) is 10.7. The van der Waals surface area contributed by atoms with Crippen LogP contribution < -0.4 is 5.32 Å². The Morgan fingerprint density at radius 1 is 1.40 bits per heavy atom. The molecule has 3 heteroatoms. The van der Waals surface area contributed by atoms with E-state index < -0.39 is 0 Å². The SMILES string of the molecule is CC(C)CC1CN=C(C2CCNCC2)O1. The van der Waals surface area contributed by atoms with E-state index in [1.807, 2.05) is 0 Å². The quantitative estimate of drug-likeness (QED) is 0.771. The first-order chi connectivity index (χ1) is 7.25. The number of nitrogens with one attached hydrogen (secondary N) is 1. The first-order valence-corrected chi connectivity index (χ1v) is 6.17. The first kappa shape index (κ1) is 10.9. The molecule has 1 unspecified atom stereocenters. The molecule has 15 heavy (non-hydrogen) atoms. The van der Waals surface area contributed by atoms with Gasteiger partial charge in [0, 0.05) is 5.92 Å². The molecule has 0 aliphatic carbocycles. The van der Waals surface area contributed by atoms with Gasteiger partial charge in [0.25, 0.3) is 0 Å². The average molecular weight is 210 g/mol. The van der Waals surface area contributed by atoms with Crippen molar-refractivity contribution in [3.8, 4) is 0 Å². The number of ether oxygens (including phenoxy) is 1. The largest absolute Gasteiger partial charge is 0.476 e. The normalized spacial score (nSPS) is 27.9. The molecule has 2 heterocycles. The molecular weight excluding hydrogens is 188 g/mol. The predicted molar refractivity (Wildman–Crippen MR) is 62.2 cm³/mol. The van der Waals surface area contributed by atoms with Gasteiger partial charge in [-0.15, -0.1) is 0 Å². The average Bonchev–Trinajstić information content (AvgIpc) is 2.67. The summed E-state index contributed by atoms with van der Waals surface area (Å²) in [4.78, 5) is 4.56. The number of aliphatic imine (C=N–C) groups is 1. The molecule has 0 spiro atoms. The molecule has 0 aromatic carbocycles. The van der Waals surface area contributed by atoms with Crippen LogP contribution in [0.4, 0.5) is 0 Å². The molecule has 2 aliphatic heterocycles. The van der Waals surface area contributed by atoms with Crippen LogP contribution >= 0.6 is 0 Å². The molecule has 1 atom stereocenters. The second-order valence-corrected chi connectivity index (χ2v) is 5.07. The lowest BCUT2D eigenvalue weighted by atomic mass is 9.98. The van der Waals surface area contributed by atoms with Crippen molar-refractivity contribution in [2.75, 3.05) is 19.6 Å². The highest BCUT2D eigenvalue weighted by Crippen LogP contribution is 2.22. The third-order valence-corrected chi connectivity index (χ3v) is 3.16. The maximum Gasteiger partial charge on any atom is 0.186 e. The predicted octanol–water partition coefficient (Wildman–Crippen LogP) is 1.83. The molecule has 3 nitrogen and oxygen atoms in total. The van der Waals surface area contributed by atoms with Crippen molar-refractivity contribution in [1.29, 1.82) is 0 Å². The van der Waals surface area contributed by atoms with Crippen LogP contribution in [0.5, 0.6) is 0 Å². The Morgan fingerprint density at radius 2 is 2.13 bits per heavy atom. The maximum atomic E-state index is 5.93. The van der Waals surface area contributed by atoms with Gasteiger partial charge in [-0.1, -0.05) is 13.8 Å². The molecule has 1 saturated heterocycles. The summed E-state index contributed by atoms with van der Waals surface area (Å²) in [5, 5.41) is 3.37. The summed E-state index contributed by atoms with van der Waals surface area (Å²) in [7, 11) is 0. The van der Waals surface area contributed by atoms with E-state index in [9.17, 15) is 0 Å². The van der Waals surface area contributed by atoms with Crippen LogP contribution in [0, 0.1) is 11.8 Å². The second-order valence-electron chi connectivity index (χ2n) is 5.07. The van der Waals surface area contributed by atoms with Crippen LogP contribution in [0.15, 0.2) is 4.99 Å². The van der Waals surface area contributed by atoms with Gasteiger partial charge in [-0.05, 0) is 38.3 Å². The second kappa shape index (κ2) is 4.97. The summed E-state index contributed by atoms with van der Waals surface area (Å²) >= 11 is 0. The van der Waals surface area contributed by atoms with Crippen LogP contribution in [0.3, 0.4) is 0 Å². The van der Waals surface area contributed by atoms with Crippen molar-refractivity contribution in [1.82, 2.24) is 5.32 Å². The van der Waals surface area contributed by atoms with Crippen LogP contribution in [-0.2, 0) is 4.74 Å². The van der Waals surface area contributed by atoms with Crippen LogP contribution in [0.1, 0.15) is 33.1 Å². The summed E-state index contributed by atoms with van der Waals surface area (Å²) in [5.74, 6) is 2.34. The lowest BCUT2D eigenvalue weighted by Crippen LogP contribution is -2.32. The first-order valence-electron chi connectivity index (χ1n) is 6.17. The van der Waals surface area contributed by atoms with Crippen molar-refractivity contribution in [2.45, 2.75) is 39.2 Å². The Morgan fingerprint density at radius 3 is 2.80 bits per heavy atom. The standard InChI is InChI=1S/C12H22N2O/c1-9(2)7-11-8-14-12(15-11)10-3-5-13-6-4-10/h9-11,13H,3-8H2,1-2H3. The fourth-order valence-electron chi connectivity index (χ4n) is 2.38. The van der Waals surface area contributed by atoms with Crippen molar-refractivity contribution < 1.29 is 4.74 Å². The van der Waals surface area contributed by atoms with Gasteiger partial charge in [-0.3, -0.25) is 4.99 Å². The van der Waals surface area contributed by atoms with Gasteiger partial charge in [-0.25, -0.2) is 0 Å². The van der Waals surface area contributed by atoms with Crippen molar-refractivity contribution in [2.24, 2.45) is 16.8 Å². The van der Waals surface area contributed by atoms with Gasteiger partial charge in [-0.2, -0.15) is 0 Å². The van der Waals surface area contributed by atoms with E-state index >= 15 is 0 Å². The molecule has 0 amide bonds. The lowest BCUT2D eigenvalue weighted by Gasteiger charge is -2.23. The van der Waals surface area contributed by atoms with Crippen molar-refractivity contribution >= 4 is 5.90 Å². The third kappa shape index (κ3) is 2.94. The molecular formula is C12H22N2O. The summed E-state index contributed by atoms with van der Waals surface area (Å²) in [6.45, 7) is 7.60. The van der Waals surface area contributed by atoms with Gasteiger partial charge < -0.3 is 10.1 Å². The molecule has 0 saturated carbocycles. The Kier molecular flexibility index (Phi) is 3.62. The molecule has 2 rings (SSSR count). The molecule has 0 aromatic rings. The minimum atomic E-state index is 0.356.